The van der Waals surface area contributed by atoms with E-state index >= 15 is 0 Å². The summed E-state index contributed by atoms with van der Waals surface area (Å²) in [6.45, 7) is 14.5. The fraction of sp³-hybridized carbons (Fsp3) is 0.125. The average molecular weight is 1430 g/mol. The largest absolute Gasteiger partial charge is 0.519 e. The summed E-state index contributed by atoms with van der Waals surface area (Å²) >= 11 is 9.80. The standard InChI is InChI=1S/C43H32O10.C13H10O3.C7H5ClO.C6H6O2.3C3H6O.C2H3ClO/c1-43(2,31-19-23-33(24-20-31)50-41(46)52-37-17-9-15-35(27-37)48-39(44)29-11-5-3-6-12-29)32-21-25-34(26-22-32)51-42(47)53-38-18-10-16-36(28-38)49-40(45)30-13-7-4-8-14-30;14-11-7-4-8-12(9-11)16-13(15)10-5-2-1-3-6-10;8-7(9)6-4-2-1-3-5-6;7-5-2-1-3-6(8)4-5;3*1-3(2)4;1-2(3)4/h3-28H,1-2H3;1-9,14H;1-5H;1-4,7-8H;3*1-2H3;1H3. The van der Waals surface area contributed by atoms with E-state index in [2.05, 4.69) is 11.6 Å². The number of halogens is 2. The van der Waals surface area contributed by atoms with Crippen LogP contribution in [0, 0.1) is 0 Å². The Kier molecular flexibility index (Phi) is 37.0. The van der Waals surface area contributed by atoms with Gasteiger partial charge >= 0.3 is 30.2 Å². The Morgan fingerprint density at radius 1 is 0.275 bits per heavy atom. The smallest absolute Gasteiger partial charge is 0.508 e. The van der Waals surface area contributed by atoms with Crippen molar-refractivity contribution in [1.29, 1.82) is 0 Å². The van der Waals surface area contributed by atoms with Gasteiger partial charge in [-0.3, -0.25) is 9.59 Å². The minimum atomic E-state index is -0.961. The first-order chi connectivity index (χ1) is 48.4. The molecule has 0 unspecified atom stereocenters. The van der Waals surface area contributed by atoms with Crippen LogP contribution in [-0.2, 0) is 24.6 Å². The van der Waals surface area contributed by atoms with E-state index in [0.29, 0.717) is 28.0 Å². The number of aromatic hydroxyl groups is 3. The zero-order chi connectivity index (χ0) is 75.6. The van der Waals surface area contributed by atoms with Crippen molar-refractivity contribution in [3.05, 3.63) is 300 Å². The number of Topliss-reactive ketones (excluding diaryl/α,β-unsaturated/α-hetero) is 3. The Balaban J connectivity index is 0.000000438. The van der Waals surface area contributed by atoms with E-state index in [1.165, 1.54) is 90.9 Å². The number of carbonyl (C=O) groups excluding carboxylic acids is 10. The van der Waals surface area contributed by atoms with Gasteiger partial charge < -0.3 is 62.9 Å². The number of benzene rings is 10. The van der Waals surface area contributed by atoms with Crippen LogP contribution in [0.5, 0.6) is 57.5 Å². The fourth-order valence-electron chi connectivity index (χ4n) is 7.50. The summed E-state index contributed by atoms with van der Waals surface area (Å²) in [5.74, 6) is 0.791. The molecule has 10 aromatic rings. The third-order valence-corrected chi connectivity index (χ3v) is 12.1. The molecule has 102 heavy (non-hydrogen) atoms. The SMILES string of the molecule is CC(=O)Cl.CC(C)(c1ccc(OC(=O)Oc2cccc(OC(=O)c3ccccc3)c2)cc1)c1ccc(OC(=O)Oc2cccc(OC(=O)c3ccccc3)c2)cc1.CC(C)=O.CC(C)=O.CC(C)=O.O=C(Cl)c1ccccc1.O=C(Oc1cccc(O)c1)c1ccccc1.Oc1cccc(O)c1. The van der Waals surface area contributed by atoms with Crippen LogP contribution < -0.4 is 33.2 Å². The molecule has 0 radical (unpaired) electrons. The normalized spacial score (nSPS) is 9.64. The van der Waals surface area contributed by atoms with Gasteiger partial charge in [0.2, 0.25) is 5.24 Å². The number of phenolic OH excluding ortho intramolecular Hbond substituents is 3. The highest BCUT2D eigenvalue weighted by Gasteiger charge is 2.24. The number of hydrogen-bond donors (Lipinski definition) is 3. The van der Waals surface area contributed by atoms with Crippen molar-refractivity contribution in [2.75, 3.05) is 0 Å². The second-order valence-corrected chi connectivity index (χ2v) is 22.5. The van der Waals surface area contributed by atoms with Crippen molar-refractivity contribution in [2.24, 2.45) is 0 Å². The number of esters is 3. The van der Waals surface area contributed by atoms with Crippen molar-refractivity contribution in [2.45, 2.75) is 67.7 Å². The molecule has 0 atom stereocenters. The van der Waals surface area contributed by atoms with Crippen molar-refractivity contribution in [3.63, 3.8) is 0 Å². The number of phenols is 3. The Bertz CT molecular complexity index is 4080. The molecular formula is C80H74Cl2O20. The van der Waals surface area contributed by atoms with Gasteiger partial charge in [0.15, 0.2) is 0 Å². The molecule has 3 N–H and O–H groups in total. The summed E-state index contributed by atoms with van der Waals surface area (Å²) in [5.41, 5.74) is 3.16. The van der Waals surface area contributed by atoms with Gasteiger partial charge in [0.1, 0.15) is 74.8 Å². The summed E-state index contributed by atoms with van der Waals surface area (Å²) in [4.78, 5) is 109. The van der Waals surface area contributed by atoms with E-state index in [-0.39, 0.29) is 74.3 Å². The summed E-state index contributed by atoms with van der Waals surface area (Å²) in [5, 5.41) is 25.7. The predicted octanol–water partition coefficient (Wildman–Crippen LogP) is 17.9. The number of ketones is 3. The van der Waals surface area contributed by atoms with E-state index in [4.69, 9.17) is 55.0 Å². The molecule has 528 valence electrons. The topological polar surface area (TPSA) is 296 Å². The molecule has 0 aliphatic rings. The molecule has 0 heterocycles. The molecule has 0 saturated carbocycles. The highest BCUT2D eigenvalue weighted by Crippen LogP contribution is 2.34. The van der Waals surface area contributed by atoms with Crippen molar-refractivity contribution in [3.8, 4) is 57.5 Å². The number of ether oxygens (including phenoxy) is 7. The van der Waals surface area contributed by atoms with Gasteiger partial charge in [0.05, 0.1) is 16.7 Å². The quantitative estimate of drug-likeness (QED) is 0.0418. The lowest BCUT2D eigenvalue weighted by molar-refractivity contribution is -0.115. The van der Waals surface area contributed by atoms with Gasteiger partial charge in [0, 0.05) is 42.2 Å². The lowest BCUT2D eigenvalue weighted by Gasteiger charge is -2.26. The Hall–Kier alpha value is -12.5. The molecule has 0 spiro atoms. The van der Waals surface area contributed by atoms with Gasteiger partial charge in [-0.05, 0) is 185 Å². The molecule has 0 aliphatic heterocycles. The highest BCUT2D eigenvalue weighted by atomic mass is 35.5. The van der Waals surface area contributed by atoms with Gasteiger partial charge in [-0.15, -0.1) is 0 Å². The van der Waals surface area contributed by atoms with Gasteiger partial charge in [-0.25, -0.2) is 24.0 Å². The zero-order valence-corrected chi connectivity index (χ0v) is 58.5. The molecule has 0 bridgehead atoms. The van der Waals surface area contributed by atoms with Gasteiger partial charge in [0.25, 0.3) is 5.24 Å². The van der Waals surface area contributed by atoms with Gasteiger partial charge in [-0.1, -0.05) is 147 Å². The first-order valence-electron chi connectivity index (χ1n) is 30.5. The first-order valence-corrected chi connectivity index (χ1v) is 31.3. The maximum Gasteiger partial charge on any atom is 0.519 e. The second kappa shape index (κ2) is 45.1. The molecule has 22 heteroatoms. The maximum absolute atomic E-state index is 12.5. The monoisotopic (exact) mass is 1420 g/mol. The molecule has 10 rings (SSSR count). The Morgan fingerprint density at radius 3 is 0.745 bits per heavy atom. The van der Waals surface area contributed by atoms with Crippen LogP contribution in [0.2, 0.25) is 0 Å². The lowest BCUT2D eigenvalue weighted by Crippen LogP contribution is -2.19. The molecule has 20 nitrogen and oxygen atoms in total. The summed E-state index contributed by atoms with van der Waals surface area (Å²) < 4.78 is 37.2. The maximum atomic E-state index is 12.5. The van der Waals surface area contributed by atoms with Gasteiger partial charge in [-0.2, -0.15) is 0 Å². The Labute approximate surface area is 600 Å². The molecule has 0 aliphatic carbocycles. The van der Waals surface area contributed by atoms with E-state index in [1.807, 2.05) is 50.2 Å². The third-order valence-electron chi connectivity index (χ3n) is 11.9. The van der Waals surface area contributed by atoms with Crippen molar-refractivity contribution in [1.82, 2.24) is 0 Å². The van der Waals surface area contributed by atoms with Crippen molar-refractivity contribution >= 4 is 81.3 Å². The minimum absolute atomic E-state index is 0.0679. The van der Waals surface area contributed by atoms with E-state index in [0.717, 1.165) is 11.1 Å². The van der Waals surface area contributed by atoms with Crippen LogP contribution in [0.1, 0.15) is 115 Å². The summed E-state index contributed by atoms with van der Waals surface area (Å²) in [6.07, 6.45) is -1.92. The number of rotatable bonds is 13. The highest BCUT2D eigenvalue weighted by molar-refractivity contribution is 6.67. The van der Waals surface area contributed by atoms with Crippen LogP contribution in [0.4, 0.5) is 9.59 Å². The van der Waals surface area contributed by atoms with Crippen LogP contribution in [0.15, 0.2) is 267 Å². The van der Waals surface area contributed by atoms with Crippen LogP contribution >= 0.6 is 23.2 Å². The number of hydrogen-bond acceptors (Lipinski definition) is 20. The molecule has 0 saturated heterocycles. The zero-order valence-electron chi connectivity index (χ0n) is 56.9. The molecule has 0 amide bonds. The molecule has 0 aromatic heterocycles. The van der Waals surface area contributed by atoms with E-state index in [9.17, 15) is 53.1 Å². The molecule has 0 fully saturated rings. The van der Waals surface area contributed by atoms with E-state index < -0.39 is 40.9 Å². The third kappa shape index (κ3) is 35.6. The number of carbonyl (C=O) groups is 10. The first kappa shape index (κ1) is 83.7. The second-order valence-electron chi connectivity index (χ2n) is 21.7. The lowest BCUT2D eigenvalue weighted by atomic mass is 9.78. The Morgan fingerprint density at radius 2 is 0.500 bits per heavy atom. The molecule has 10 aromatic carbocycles. The van der Waals surface area contributed by atoms with Crippen LogP contribution in [0.25, 0.3) is 0 Å². The predicted molar refractivity (Wildman–Crippen MR) is 386 cm³/mol. The summed E-state index contributed by atoms with van der Waals surface area (Å²) in [7, 11) is 0. The van der Waals surface area contributed by atoms with E-state index in [1.54, 1.807) is 188 Å². The van der Waals surface area contributed by atoms with Crippen LogP contribution in [-0.4, -0.2) is 73.4 Å². The van der Waals surface area contributed by atoms with Crippen molar-refractivity contribution < 1.29 is 96.4 Å². The fourth-order valence-corrected chi connectivity index (χ4v) is 7.63. The van der Waals surface area contributed by atoms with Crippen LogP contribution in [0.3, 0.4) is 0 Å². The average Bonchev–Trinajstić information content (AvgIpc) is 0.801. The summed E-state index contributed by atoms with van der Waals surface area (Å²) in [6, 6.07) is 72.7. The minimum Gasteiger partial charge on any atom is -0.508 e. The molecular weight excluding hydrogens is 1350 g/mol.